The van der Waals surface area contributed by atoms with Crippen LogP contribution in [0.5, 0.6) is 5.75 Å². The Morgan fingerprint density at radius 2 is 2.32 bits per heavy atom. The molecule has 2 atom stereocenters. The molecule has 0 amide bonds. The highest BCUT2D eigenvalue weighted by molar-refractivity contribution is 5.31. The highest BCUT2D eigenvalue weighted by Crippen LogP contribution is 2.23. The first-order valence-electron chi connectivity index (χ1n) is 6.89. The van der Waals surface area contributed by atoms with Gasteiger partial charge >= 0.3 is 0 Å². The van der Waals surface area contributed by atoms with Crippen LogP contribution in [0.1, 0.15) is 31.2 Å². The molecule has 1 aliphatic heterocycles. The maximum Gasteiger partial charge on any atom is 0.168 e. The molecule has 0 bridgehead atoms. The van der Waals surface area contributed by atoms with Gasteiger partial charge in [-0.05, 0) is 43.7 Å². The second kappa shape index (κ2) is 6.87. The van der Waals surface area contributed by atoms with E-state index in [2.05, 4.69) is 0 Å². The molecule has 0 saturated carbocycles. The van der Waals surface area contributed by atoms with Crippen LogP contribution in [-0.2, 0) is 11.2 Å². The van der Waals surface area contributed by atoms with E-state index in [0.717, 1.165) is 25.9 Å². The van der Waals surface area contributed by atoms with E-state index in [9.17, 15) is 4.39 Å². The lowest BCUT2D eigenvalue weighted by molar-refractivity contribution is 0.00743. The number of rotatable bonds is 5. The molecule has 1 heterocycles. The fraction of sp³-hybridized carbons (Fsp3) is 0.600. The average molecular weight is 267 g/mol. The number of halogens is 1. The molecule has 2 N–H and O–H groups in total. The lowest BCUT2D eigenvalue weighted by Crippen LogP contribution is -2.31. The van der Waals surface area contributed by atoms with Crippen LogP contribution in [0.4, 0.5) is 4.39 Å². The van der Waals surface area contributed by atoms with Crippen molar-refractivity contribution < 1.29 is 13.9 Å². The SMILES string of the molecule is COc1cccc(CC(N)CC2CCCCO2)c1F. The fourth-order valence-corrected chi connectivity index (χ4v) is 2.57. The minimum atomic E-state index is -0.301. The first-order chi connectivity index (χ1) is 9.20. The van der Waals surface area contributed by atoms with Gasteiger partial charge in [0.05, 0.1) is 13.2 Å². The Kier molecular flexibility index (Phi) is 5.16. The zero-order valence-electron chi connectivity index (χ0n) is 11.4. The molecule has 19 heavy (non-hydrogen) atoms. The summed E-state index contributed by atoms with van der Waals surface area (Å²) < 4.78 is 24.6. The molecule has 2 unspecified atom stereocenters. The summed E-state index contributed by atoms with van der Waals surface area (Å²) in [6.07, 6.45) is 4.94. The third-order valence-corrected chi connectivity index (χ3v) is 3.58. The number of hydrogen-bond acceptors (Lipinski definition) is 3. The first-order valence-corrected chi connectivity index (χ1v) is 6.89. The van der Waals surface area contributed by atoms with Gasteiger partial charge in [0.25, 0.3) is 0 Å². The Morgan fingerprint density at radius 3 is 3.00 bits per heavy atom. The minimum absolute atomic E-state index is 0.0790. The molecular formula is C15H22FNO2. The maximum absolute atomic E-state index is 14.0. The van der Waals surface area contributed by atoms with Gasteiger partial charge in [-0.3, -0.25) is 0 Å². The Hall–Kier alpha value is -1.13. The van der Waals surface area contributed by atoms with E-state index in [0.29, 0.717) is 12.0 Å². The maximum atomic E-state index is 14.0. The molecule has 1 aromatic rings. The van der Waals surface area contributed by atoms with Crippen LogP contribution in [0.2, 0.25) is 0 Å². The number of hydrogen-bond donors (Lipinski definition) is 1. The third kappa shape index (κ3) is 3.91. The summed E-state index contributed by atoms with van der Waals surface area (Å²) >= 11 is 0. The molecule has 0 aliphatic carbocycles. The van der Waals surface area contributed by atoms with Crippen molar-refractivity contribution in [3.05, 3.63) is 29.6 Å². The molecule has 4 heteroatoms. The monoisotopic (exact) mass is 267 g/mol. The van der Waals surface area contributed by atoms with Gasteiger partial charge in [0, 0.05) is 12.6 Å². The predicted molar refractivity (Wildman–Crippen MR) is 72.8 cm³/mol. The summed E-state index contributed by atoms with van der Waals surface area (Å²) in [7, 11) is 1.47. The Balaban J connectivity index is 1.92. The van der Waals surface area contributed by atoms with Crippen molar-refractivity contribution in [2.45, 2.75) is 44.2 Å². The van der Waals surface area contributed by atoms with Crippen molar-refractivity contribution in [1.82, 2.24) is 0 Å². The number of methoxy groups -OCH3 is 1. The van der Waals surface area contributed by atoms with Gasteiger partial charge in [0.15, 0.2) is 11.6 Å². The van der Waals surface area contributed by atoms with Crippen molar-refractivity contribution in [2.24, 2.45) is 5.73 Å². The van der Waals surface area contributed by atoms with E-state index < -0.39 is 0 Å². The molecule has 0 aromatic heterocycles. The lowest BCUT2D eigenvalue weighted by atomic mass is 9.97. The molecule has 3 nitrogen and oxygen atoms in total. The Labute approximate surface area is 113 Å². The minimum Gasteiger partial charge on any atom is -0.494 e. The second-order valence-corrected chi connectivity index (χ2v) is 5.12. The molecule has 1 aromatic carbocycles. The van der Waals surface area contributed by atoms with Gasteiger partial charge in [0.1, 0.15) is 0 Å². The van der Waals surface area contributed by atoms with Crippen LogP contribution in [0.25, 0.3) is 0 Å². The van der Waals surface area contributed by atoms with E-state index in [4.69, 9.17) is 15.2 Å². The highest BCUT2D eigenvalue weighted by Gasteiger charge is 2.19. The van der Waals surface area contributed by atoms with Gasteiger partial charge < -0.3 is 15.2 Å². The van der Waals surface area contributed by atoms with Crippen molar-refractivity contribution in [2.75, 3.05) is 13.7 Å². The molecular weight excluding hydrogens is 245 g/mol. The van der Waals surface area contributed by atoms with Crippen molar-refractivity contribution in [1.29, 1.82) is 0 Å². The summed E-state index contributed by atoms with van der Waals surface area (Å²) in [4.78, 5) is 0. The van der Waals surface area contributed by atoms with Crippen LogP contribution >= 0.6 is 0 Å². The molecule has 0 radical (unpaired) electrons. The van der Waals surface area contributed by atoms with E-state index in [1.54, 1.807) is 18.2 Å². The second-order valence-electron chi connectivity index (χ2n) is 5.12. The number of nitrogens with two attached hydrogens (primary N) is 1. The van der Waals surface area contributed by atoms with Crippen LogP contribution in [0.15, 0.2) is 18.2 Å². The van der Waals surface area contributed by atoms with E-state index in [1.807, 2.05) is 0 Å². The van der Waals surface area contributed by atoms with Gasteiger partial charge in [-0.25, -0.2) is 4.39 Å². The third-order valence-electron chi connectivity index (χ3n) is 3.58. The van der Waals surface area contributed by atoms with Crippen LogP contribution in [-0.4, -0.2) is 25.9 Å². The van der Waals surface area contributed by atoms with Crippen molar-refractivity contribution in [3.63, 3.8) is 0 Å². The predicted octanol–water partition coefficient (Wildman–Crippen LogP) is 2.66. The molecule has 2 rings (SSSR count). The molecule has 106 valence electrons. The van der Waals surface area contributed by atoms with E-state index >= 15 is 0 Å². The smallest absolute Gasteiger partial charge is 0.168 e. The van der Waals surface area contributed by atoms with Gasteiger partial charge in [0.2, 0.25) is 0 Å². The average Bonchev–Trinajstić information content (AvgIpc) is 2.42. The van der Waals surface area contributed by atoms with Crippen LogP contribution < -0.4 is 10.5 Å². The fourth-order valence-electron chi connectivity index (χ4n) is 2.57. The zero-order valence-corrected chi connectivity index (χ0v) is 11.4. The molecule has 1 saturated heterocycles. The quantitative estimate of drug-likeness (QED) is 0.892. The standard InChI is InChI=1S/C15H22FNO2/c1-18-14-7-4-5-11(15(14)16)9-12(17)10-13-6-2-3-8-19-13/h4-5,7,12-13H,2-3,6,8-10,17H2,1H3. The zero-order chi connectivity index (χ0) is 13.7. The largest absolute Gasteiger partial charge is 0.494 e. The summed E-state index contributed by atoms with van der Waals surface area (Å²) in [5.41, 5.74) is 6.72. The Bertz CT molecular complexity index is 405. The van der Waals surface area contributed by atoms with Gasteiger partial charge in [-0.2, -0.15) is 0 Å². The molecule has 0 spiro atoms. The topological polar surface area (TPSA) is 44.5 Å². The van der Waals surface area contributed by atoms with E-state index in [-0.39, 0.29) is 23.7 Å². The Morgan fingerprint density at radius 1 is 1.47 bits per heavy atom. The molecule has 1 aliphatic rings. The van der Waals surface area contributed by atoms with Crippen LogP contribution in [0.3, 0.4) is 0 Å². The van der Waals surface area contributed by atoms with Gasteiger partial charge in [-0.15, -0.1) is 0 Å². The normalized spacial score (nSPS) is 21.1. The van der Waals surface area contributed by atoms with E-state index in [1.165, 1.54) is 13.5 Å². The summed E-state index contributed by atoms with van der Waals surface area (Å²) in [5, 5.41) is 0. The number of ether oxygens (including phenoxy) is 2. The van der Waals surface area contributed by atoms with Crippen molar-refractivity contribution >= 4 is 0 Å². The highest BCUT2D eigenvalue weighted by atomic mass is 19.1. The summed E-state index contributed by atoms with van der Waals surface area (Å²) in [6.45, 7) is 0.824. The summed E-state index contributed by atoms with van der Waals surface area (Å²) in [6, 6.07) is 5.10. The van der Waals surface area contributed by atoms with Crippen LogP contribution in [0, 0.1) is 5.82 Å². The molecule has 1 fully saturated rings. The van der Waals surface area contributed by atoms with Crippen molar-refractivity contribution in [3.8, 4) is 5.75 Å². The first kappa shape index (κ1) is 14.3. The number of benzene rings is 1. The summed E-state index contributed by atoms with van der Waals surface area (Å²) in [5.74, 6) is -0.0244. The van der Waals surface area contributed by atoms with Gasteiger partial charge in [-0.1, -0.05) is 12.1 Å². The lowest BCUT2D eigenvalue weighted by Gasteiger charge is -2.25.